The fraction of sp³-hybridized carbons (Fsp3) is 0.136. The second kappa shape index (κ2) is 7.06. The van der Waals surface area contributed by atoms with E-state index in [1.807, 2.05) is 71.4 Å². The molecule has 0 aliphatic heterocycles. The van der Waals surface area contributed by atoms with E-state index in [2.05, 4.69) is 4.98 Å². The van der Waals surface area contributed by atoms with Crippen molar-refractivity contribution in [2.75, 3.05) is 7.11 Å². The van der Waals surface area contributed by atoms with Gasteiger partial charge >= 0.3 is 0 Å². The van der Waals surface area contributed by atoms with Crippen LogP contribution in [0.2, 0.25) is 5.02 Å². The zero-order valence-electron chi connectivity index (χ0n) is 15.1. The lowest BCUT2D eigenvalue weighted by molar-refractivity contribution is 0.199. The quantitative estimate of drug-likeness (QED) is 0.518. The van der Waals surface area contributed by atoms with Crippen LogP contribution in [0, 0.1) is 0 Å². The molecule has 0 radical (unpaired) electrons. The molecule has 0 saturated heterocycles. The number of fused-ring (bicyclic) bond motifs is 1. The Hall–Kier alpha value is -2.82. The SMILES string of the molecule is COc1ccc(C(C)O)cc1-c1ccc2nc(-c3ccc(Cl)cc3)cn2c1. The minimum absolute atomic E-state index is 0.539. The van der Waals surface area contributed by atoms with E-state index >= 15 is 0 Å². The summed E-state index contributed by atoms with van der Waals surface area (Å²) < 4.78 is 7.51. The zero-order chi connectivity index (χ0) is 19.0. The highest BCUT2D eigenvalue weighted by Gasteiger charge is 2.12. The molecule has 4 rings (SSSR count). The number of benzene rings is 2. The topological polar surface area (TPSA) is 46.8 Å². The average Bonchev–Trinajstić information content (AvgIpc) is 3.11. The van der Waals surface area contributed by atoms with Crippen LogP contribution < -0.4 is 4.74 Å². The Morgan fingerprint density at radius 1 is 1.00 bits per heavy atom. The van der Waals surface area contributed by atoms with E-state index in [9.17, 15) is 5.11 Å². The van der Waals surface area contributed by atoms with Crippen LogP contribution >= 0.6 is 11.6 Å². The summed E-state index contributed by atoms with van der Waals surface area (Å²) in [5.74, 6) is 0.761. The Balaban J connectivity index is 1.80. The van der Waals surface area contributed by atoms with Crippen molar-refractivity contribution < 1.29 is 9.84 Å². The highest BCUT2D eigenvalue weighted by atomic mass is 35.5. The lowest BCUT2D eigenvalue weighted by atomic mass is 10.0. The molecule has 1 N–H and O–H groups in total. The molecular formula is C22H19ClN2O2. The van der Waals surface area contributed by atoms with Gasteiger partial charge in [0.15, 0.2) is 0 Å². The van der Waals surface area contributed by atoms with Gasteiger partial charge in [-0.2, -0.15) is 0 Å². The molecule has 136 valence electrons. The molecule has 0 amide bonds. The first kappa shape index (κ1) is 17.6. The lowest BCUT2D eigenvalue weighted by Crippen LogP contribution is -1.95. The molecule has 1 unspecified atom stereocenters. The van der Waals surface area contributed by atoms with Crippen LogP contribution in [0.5, 0.6) is 5.75 Å². The zero-order valence-corrected chi connectivity index (χ0v) is 15.8. The van der Waals surface area contributed by atoms with Crippen LogP contribution in [0.3, 0.4) is 0 Å². The summed E-state index contributed by atoms with van der Waals surface area (Å²) in [4.78, 5) is 4.68. The van der Waals surface area contributed by atoms with Gasteiger partial charge in [0.1, 0.15) is 11.4 Å². The summed E-state index contributed by atoms with van der Waals surface area (Å²) in [6, 6.07) is 17.3. The van der Waals surface area contributed by atoms with Crippen molar-refractivity contribution in [3.05, 3.63) is 77.6 Å². The Labute approximate surface area is 162 Å². The van der Waals surface area contributed by atoms with E-state index in [1.165, 1.54) is 0 Å². The maximum atomic E-state index is 9.91. The summed E-state index contributed by atoms with van der Waals surface area (Å²) in [6.07, 6.45) is 3.47. The smallest absolute Gasteiger partial charge is 0.137 e. The number of aliphatic hydroxyl groups is 1. The van der Waals surface area contributed by atoms with Crippen LogP contribution in [0.15, 0.2) is 67.0 Å². The predicted molar refractivity (Wildman–Crippen MR) is 108 cm³/mol. The number of hydrogen-bond acceptors (Lipinski definition) is 3. The number of hydrogen-bond donors (Lipinski definition) is 1. The number of nitrogens with zero attached hydrogens (tertiary/aromatic N) is 2. The van der Waals surface area contributed by atoms with Gasteiger partial charge in [0.25, 0.3) is 0 Å². The molecule has 0 aliphatic carbocycles. The monoisotopic (exact) mass is 378 g/mol. The van der Waals surface area contributed by atoms with Gasteiger partial charge in [-0.05, 0) is 48.9 Å². The van der Waals surface area contributed by atoms with Crippen molar-refractivity contribution in [3.8, 4) is 28.1 Å². The second-order valence-electron chi connectivity index (χ2n) is 6.45. The van der Waals surface area contributed by atoms with Gasteiger partial charge in [0.2, 0.25) is 0 Å². The van der Waals surface area contributed by atoms with E-state index in [4.69, 9.17) is 16.3 Å². The maximum Gasteiger partial charge on any atom is 0.137 e. The minimum atomic E-state index is -0.539. The number of ether oxygens (including phenoxy) is 1. The summed E-state index contributed by atoms with van der Waals surface area (Å²) >= 11 is 5.97. The maximum absolute atomic E-state index is 9.91. The highest BCUT2D eigenvalue weighted by molar-refractivity contribution is 6.30. The van der Waals surface area contributed by atoms with Gasteiger partial charge in [-0.1, -0.05) is 29.8 Å². The van der Waals surface area contributed by atoms with E-state index in [-0.39, 0.29) is 0 Å². The Morgan fingerprint density at radius 2 is 1.74 bits per heavy atom. The van der Waals surface area contributed by atoms with Crippen molar-refractivity contribution in [3.63, 3.8) is 0 Å². The van der Waals surface area contributed by atoms with Crippen LogP contribution in [0.25, 0.3) is 28.0 Å². The molecule has 2 aromatic carbocycles. The molecule has 5 heteroatoms. The molecule has 4 nitrogen and oxygen atoms in total. The van der Waals surface area contributed by atoms with Crippen molar-refractivity contribution >= 4 is 17.2 Å². The first-order valence-electron chi connectivity index (χ1n) is 8.66. The second-order valence-corrected chi connectivity index (χ2v) is 6.89. The van der Waals surface area contributed by atoms with Crippen molar-refractivity contribution in [1.82, 2.24) is 9.38 Å². The van der Waals surface area contributed by atoms with E-state index < -0.39 is 6.10 Å². The highest BCUT2D eigenvalue weighted by Crippen LogP contribution is 2.33. The van der Waals surface area contributed by atoms with E-state index in [0.29, 0.717) is 5.02 Å². The fourth-order valence-corrected chi connectivity index (χ4v) is 3.25. The van der Waals surface area contributed by atoms with Crippen molar-refractivity contribution in [1.29, 1.82) is 0 Å². The molecule has 0 spiro atoms. The minimum Gasteiger partial charge on any atom is -0.496 e. The van der Waals surface area contributed by atoms with Crippen LogP contribution in [0.1, 0.15) is 18.6 Å². The third-order valence-electron chi connectivity index (χ3n) is 4.61. The molecule has 1 atom stereocenters. The summed E-state index contributed by atoms with van der Waals surface area (Å²) in [6.45, 7) is 1.75. The normalized spacial score (nSPS) is 12.3. The number of rotatable bonds is 4. The Kier molecular flexibility index (Phi) is 4.60. The molecule has 0 fully saturated rings. The molecule has 4 aromatic rings. The summed E-state index contributed by atoms with van der Waals surface area (Å²) in [5, 5.41) is 10.6. The standard InChI is InChI=1S/C22H19ClN2O2/c1-14(26)16-5-9-21(27-2)19(11-16)17-6-10-22-24-20(13-25(22)12-17)15-3-7-18(23)8-4-15/h3-14,26H,1-2H3. The average molecular weight is 379 g/mol. The number of halogens is 1. The van der Waals surface area contributed by atoms with E-state index in [1.54, 1.807) is 14.0 Å². The van der Waals surface area contributed by atoms with Gasteiger partial charge in [0.05, 0.1) is 18.9 Å². The van der Waals surface area contributed by atoms with Crippen molar-refractivity contribution in [2.24, 2.45) is 0 Å². The fourth-order valence-electron chi connectivity index (χ4n) is 3.12. The number of imidazole rings is 1. The van der Waals surface area contributed by atoms with Gasteiger partial charge < -0.3 is 14.2 Å². The summed E-state index contributed by atoms with van der Waals surface area (Å²) in [5.41, 5.74) is 5.51. The molecule has 0 aliphatic rings. The predicted octanol–water partition coefficient (Wildman–Crippen LogP) is 5.38. The van der Waals surface area contributed by atoms with Crippen LogP contribution in [-0.4, -0.2) is 21.6 Å². The third-order valence-corrected chi connectivity index (χ3v) is 4.86. The number of aromatic nitrogens is 2. The van der Waals surface area contributed by atoms with Gasteiger partial charge in [0, 0.05) is 34.1 Å². The largest absolute Gasteiger partial charge is 0.496 e. The van der Waals surface area contributed by atoms with Crippen LogP contribution in [-0.2, 0) is 0 Å². The first-order chi connectivity index (χ1) is 13.0. The molecule has 27 heavy (non-hydrogen) atoms. The lowest BCUT2D eigenvalue weighted by Gasteiger charge is -2.13. The van der Waals surface area contributed by atoms with E-state index in [0.717, 1.165) is 39.3 Å². The summed E-state index contributed by atoms with van der Waals surface area (Å²) in [7, 11) is 1.65. The van der Waals surface area contributed by atoms with Crippen LogP contribution in [0.4, 0.5) is 0 Å². The Bertz CT molecular complexity index is 1100. The molecule has 2 heterocycles. The third kappa shape index (κ3) is 3.42. The number of methoxy groups -OCH3 is 1. The van der Waals surface area contributed by atoms with Gasteiger partial charge in [-0.25, -0.2) is 4.98 Å². The molecule has 0 bridgehead atoms. The first-order valence-corrected chi connectivity index (χ1v) is 9.04. The molecule has 0 saturated carbocycles. The number of pyridine rings is 1. The molecule has 2 aromatic heterocycles. The number of aliphatic hydroxyl groups excluding tert-OH is 1. The van der Waals surface area contributed by atoms with Crippen molar-refractivity contribution in [2.45, 2.75) is 13.0 Å². The molecular weight excluding hydrogens is 360 g/mol. The Morgan fingerprint density at radius 3 is 2.44 bits per heavy atom. The van der Waals surface area contributed by atoms with Gasteiger partial charge in [-0.15, -0.1) is 0 Å². The van der Waals surface area contributed by atoms with Gasteiger partial charge in [-0.3, -0.25) is 0 Å².